The molecular weight excluding hydrogens is 218 g/mol. The van der Waals surface area contributed by atoms with Crippen molar-refractivity contribution in [2.75, 3.05) is 0 Å². The highest BCUT2D eigenvalue weighted by Gasteiger charge is 2.29. The predicted octanol–water partition coefficient (Wildman–Crippen LogP) is 0.737. The number of nitrogens with zero attached hydrogens (tertiary/aromatic N) is 3. The summed E-state index contributed by atoms with van der Waals surface area (Å²) in [4.78, 5) is 23.5. The molecule has 0 N–H and O–H groups in total. The van der Waals surface area contributed by atoms with Crippen molar-refractivity contribution in [3.63, 3.8) is 0 Å². The minimum atomic E-state index is -0.649. The van der Waals surface area contributed by atoms with Crippen LogP contribution < -0.4 is 11.2 Å². The van der Waals surface area contributed by atoms with E-state index < -0.39 is 5.41 Å². The maximum Gasteiger partial charge on any atom is 0.330 e. The molecule has 0 bridgehead atoms. The number of hydrogen-bond acceptors (Lipinski definition) is 3. The Bertz CT molecular complexity index is 587. The molecule has 0 aromatic carbocycles. The molecule has 1 atom stereocenters. The second-order valence-corrected chi connectivity index (χ2v) is 4.90. The molecule has 5 heteroatoms. The summed E-state index contributed by atoms with van der Waals surface area (Å²) < 4.78 is 2.43. The van der Waals surface area contributed by atoms with Crippen LogP contribution in [0.3, 0.4) is 0 Å². The van der Waals surface area contributed by atoms with Crippen LogP contribution in [0.2, 0.25) is 0 Å². The lowest BCUT2D eigenvalue weighted by molar-refractivity contribution is 0.400. The van der Waals surface area contributed by atoms with Crippen LogP contribution in [-0.4, -0.2) is 9.13 Å². The zero-order chi connectivity index (χ0) is 13.4. The minimum absolute atomic E-state index is 0.238. The third-order valence-corrected chi connectivity index (χ3v) is 3.31. The Balaban J connectivity index is 3.51. The quantitative estimate of drug-likeness (QED) is 0.759. The van der Waals surface area contributed by atoms with Gasteiger partial charge in [-0.05, 0) is 13.8 Å². The Morgan fingerprint density at radius 1 is 1.35 bits per heavy atom. The zero-order valence-electron chi connectivity index (χ0n) is 10.8. The fourth-order valence-corrected chi connectivity index (χ4v) is 1.62. The fourth-order valence-electron chi connectivity index (χ4n) is 1.62. The summed E-state index contributed by atoms with van der Waals surface area (Å²) in [5, 5.41) is 9.08. The lowest BCUT2D eigenvalue weighted by atomic mass is 9.78. The molecular formula is C12H17N3O2. The monoisotopic (exact) mass is 235 g/mol. The van der Waals surface area contributed by atoms with Crippen molar-refractivity contribution in [3.8, 4) is 6.07 Å². The molecule has 0 spiro atoms. The molecule has 0 aliphatic carbocycles. The summed E-state index contributed by atoms with van der Waals surface area (Å²) in [5.74, 6) is -0.238. The molecule has 5 nitrogen and oxygen atoms in total. The van der Waals surface area contributed by atoms with Gasteiger partial charge in [0.2, 0.25) is 0 Å². The van der Waals surface area contributed by atoms with Gasteiger partial charge in [-0.15, -0.1) is 0 Å². The molecule has 0 saturated heterocycles. The topological polar surface area (TPSA) is 67.8 Å². The summed E-state index contributed by atoms with van der Waals surface area (Å²) in [6.45, 7) is 5.38. The molecule has 1 heterocycles. The van der Waals surface area contributed by atoms with Crippen LogP contribution in [0.4, 0.5) is 0 Å². The Hall–Kier alpha value is -1.83. The molecule has 17 heavy (non-hydrogen) atoms. The van der Waals surface area contributed by atoms with Gasteiger partial charge in [-0.2, -0.15) is 5.26 Å². The number of rotatable bonds is 2. The van der Waals surface area contributed by atoms with Gasteiger partial charge in [0.15, 0.2) is 0 Å². The molecule has 0 aliphatic heterocycles. The van der Waals surface area contributed by atoms with Gasteiger partial charge in [0.25, 0.3) is 5.56 Å². The summed E-state index contributed by atoms with van der Waals surface area (Å²) in [5.41, 5.74) is -0.852. The number of aryl methyl sites for hydroxylation is 1. The molecule has 1 rings (SSSR count). The number of aromatic nitrogens is 2. The van der Waals surface area contributed by atoms with E-state index >= 15 is 0 Å². The van der Waals surface area contributed by atoms with Crippen LogP contribution in [0, 0.1) is 16.7 Å². The van der Waals surface area contributed by atoms with Crippen molar-refractivity contribution in [2.24, 2.45) is 19.5 Å². The van der Waals surface area contributed by atoms with Crippen molar-refractivity contribution < 1.29 is 0 Å². The van der Waals surface area contributed by atoms with Gasteiger partial charge in [-0.3, -0.25) is 9.36 Å². The van der Waals surface area contributed by atoms with Gasteiger partial charge in [-0.1, -0.05) is 6.92 Å². The highest BCUT2D eigenvalue weighted by Crippen LogP contribution is 2.32. The highest BCUT2D eigenvalue weighted by molar-refractivity contribution is 5.18. The Labute approximate surface area is 99.9 Å². The van der Waals surface area contributed by atoms with Crippen molar-refractivity contribution in [2.45, 2.75) is 26.7 Å². The molecule has 92 valence electrons. The van der Waals surface area contributed by atoms with E-state index in [1.165, 1.54) is 17.8 Å². The van der Waals surface area contributed by atoms with E-state index in [0.717, 1.165) is 4.57 Å². The molecule has 0 amide bonds. The summed E-state index contributed by atoms with van der Waals surface area (Å²) >= 11 is 0. The van der Waals surface area contributed by atoms with E-state index in [1.54, 1.807) is 20.9 Å². The van der Waals surface area contributed by atoms with Gasteiger partial charge >= 0.3 is 5.69 Å². The van der Waals surface area contributed by atoms with Gasteiger partial charge < -0.3 is 4.57 Å². The first-order valence-corrected chi connectivity index (χ1v) is 5.40. The van der Waals surface area contributed by atoms with E-state index in [0.29, 0.717) is 5.56 Å². The summed E-state index contributed by atoms with van der Waals surface area (Å²) in [7, 11) is 3.04. The van der Waals surface area contributed by atoms with Gasteiger partial charge in [0.1, 0.15) is 0 Å². The number of nitriles is 1. The maximum atomic E-state index is 12.0. The normalized spacial score (nSPS) is 13.2. The van der Waals surface area contributed by atoms with Crippen LogP contribution in [-0.2, 0) is 14.1 Å². The van der Waals surface area contributed by atoms with E-state index in [1.807, 2.05) is 6.92 Å². The molecule has 0 radical (unpaired) electrons. The fraction of sp³-hybridized carbons (Fsp3) is 0.583. The first-order valence-electron chi connectivity index (χ1n) is 5.40. The zero-order valence-corrected chi connectivity index (χ0v) is 10.8. The highest BCUT2D eigenvalue weighted by atomic mass is 16.2. The van der Waals surface area contributed by atoms with E-state index in [9.17, 15) is 9.59 Å². The maximum absolute atomic E-state index is 12.0. The predicted molar refractivity (Wildman–Crippen MR) is 64.7 cm³/mol. The van der Waals surface area contributed by atoms with Crippen molar-refractivity contribution in [1.82, 2.24) is 9.13 Å². The molecule has 1 aromatic heterocycles. The van der Waals surface area contributed by atoms with Crippen molar-refractivity contribution in [1.29, 1.82) is 5.26 Å². The second kappa shape index (κ2) is 4.21. The smallest absolute Gasteiger partial charge is 0.303 e. The average molecular weight is 235 g/mol. The van der Waals surface area contributed by atoms with Crippen molar-refractivity contribution >= 4 is 0 Å². The van der Waals surface area contributed by atoms with Gasteiger partial charge in [0.05, 0.1) is 11.5 Å². The van der Waals surface area contributed by atoms with Crippen LogP contribution in [0.25, 0.3) is 0 Å². The summed E-state index contributed by atoms with van der Waals surface area (Å²) in [6, 6.07) is 2.18. The van der Waals surface area contributed by atoms with Crippen LogP contribution in [0.15, 0.2) is 15.8 Å². The Kier molecular flexibility index (Phi) is 3.28. The lowest BCUT2D eigenvalue weighted by Crippen LogP contribution is -2.40. The Morgan fingerprint density at radius 3 is 2.35 bits per heavy atom. The third-order valence-electron chi connectivity index (χ3n) is 3.31. The largest absolute Gasteiger partial charge is 0.330 e. The standard InChI is InChI=1S/C12H17N3O2/c1-8(12(2,3)7-13)9-6-14(4)11(17)15(5)10(9)16/h6,8H,1-5H3/t8-/m0/s1. The molecule has 0 fully saturated rings. The number of hydrogen-bond donors (Lipinski definition) is 0. The van der Waals surface area contributed by atoms with E-state index in [-0.39, 0.29) is 17.2 Å². The third kappa shape index (κ3) is 2.16. The van der Waals surface area contributed by atoms with Crippen molar-refractivity contribution in [3.05, 3.63) is 32.6 Å². The lowest BCUT2D eigenvalue weighted by Gasteiger charge is -2.24. The molecule has 0 saturated carbocycles. The van der Waals surface area contributed by atoms with E-state index in [4.69, 9.17) is 5.26 Å². The first kappa shape index (κ1) is 13.2. The Morgan fingerprint density at radius 2 is 1.88 bits per heavy atom. The summed E-state index contributed by atoms with van der Waals surface area (Å²) in [6.07, 6.45) is 1.52. The van der Waals surface area contributed by atoms with E-state index in [2.05, 4.69) is 6.07 Å². The average Bonchev–Trinajstić information content (AvgIpc) is 2.30. The minimum Gasteiger partial charge on any atom is -0.303 e. The van der Waals surface area contributed by atoms with Crippen LogP contribution in [0.1, 0.15) is 32.3 Å². The molecule has 0 aliphatic rings. The van der Waals surface area contributed by atoms with Crippen LogP contribution >= 0.6 is 0 Å². The molecule has 0 unspecified atom stereocenters. The van der Waals surface area contributed by atoms with Gasteiger partial charge in [0, 0.05) is 31.8 Å². The second-order valence-electron chi connectivity index (χ2n) is 4.90. The molecule has 1 aromatic rings. The van der Waals surface area contributed by atoms with Crippen LogP contribution in [0.5, 0.6) is 0 Å². The first-order chi connectivity index (χ1) is 7.72. The van der Waals surface area contributed by atoms with Gasteiger partial charge in [-0.25, -0.2) is 4.79 Å². The SMILES string of the molecule is C[C@@H](c1cn(C)c(=O)n(C)c1=O)C(C)(C)C#N.